The number of benzene rings is 1. The van der Waals surface area contributed by atoms with Crippen molar-refractivity contribution in [1.29, 1.82) is 0 Å². The van der Waals surface area contributed by atoms with Crippen molar-refractivity contribution in [3.63, 3.8) is 0 Å². The van der Waals surface area contributed by atoms with Gasteiger partial charge in [0.1, 0.15) is 5.78 Å². The second-order valence-corrected chi connectivity index (χ2v) is 20.6. The Labute approximate surface area is 397 Å². The van der Waals surface area contributed by atoms with E-state index in [2.05, 4.69) is 57.0 Å². The number of ketones is 1. The maximum atomic E-state index is 14.8. The van der Waals surface area contributed by atoms with E-state index in [1.54, 1.807) is 6.92 Å². The lowest BCUT2D eigenvalue weighted by Gasteiger charge is -2.57. The van der Waals surface area contributed by atoms with E-state index >= 15 is 0 Å². The van der Waals surface area contributed by atoms with Gasteiger partial charge in [-0.2, -0.15) is 5.06 Å². The highest BCUT2D eigenvalue weighted by Gasteiger charge is 2.57. The molecule has 0 saturated carbocycles. The van der Waals surface area contributed by atoms with Crippen molar-refractivity contribution in [2.24, 2.45) is 17.8 Å². The summed E-state index contributed by atoms with van der Waals surface area (Å²) in [5.41, 5.74) is -1.85. The highest BCUT2D eigenvalue weighted by atomic mass is 16.7. The lowest BCUT2D eigenvalue weighted by Crippen LogP contribution is -2.69. The molecule has 65 heavy (non-hydrogen) atoms. The average Bonchev–Trinajstić information content (AvgIpc) is 3.29. The van der Waals surface area contributed by atoms with E-state index in [9.17, 15) is 19.2 Å². The minimum Gasteiger partial charge on any atom is -0.465 e. The lowest BCUT2D eigenvalue weighted by molar-refractivity contribution is -0.336. The number of unbranched alkanes of at least 4 members (excludes halogenated alkanes) is 14. The van der Waals surface area contributed by atoms with Crippen molar-refractivity contribution in [1.82, 2.24) is 15.3 Å². The summed E-state index contributed by atoms with van der Waals surface area (Å²) in [7, 11) is 4.00. The molecule has 7 atom stereocenters. The molecule has 10 heteroatoms. The van der Waals surface area contributed by atoms with E-state index in [1.807, 2.05) is 58.1 Å². The Morgan fingerprint density at radius 2 is 1.28 bits per heavy atom. The molecule has 374 valence electrons. The first kappa shape index (κ1) is 58.3. The number of hydroxylamine groups is 2. The van der Waals surface area contributed by atoms with Crippen LogP contribution in [0.1, 0.15) is 221 Å². The molecule has 1 fully saturated rings. The standard InChI is InChI=1S/C55H97N3O7/c1-12-16-18-19-20-21-22-23-24-25-26-27-28-32-39-64-51(61)48(41-47(50(60)63-38-17-13-2)40-44(5)46-34-30-29-31-35-46)42-55(9,52(62)56-36-33-37-57(10)11)65-58-53(7,14-3)43-49(59)45(6)54(58,8)15-4/h29-31,34-35,44-45,47-48H,12-28,32-33,36-43H2,1-11H3,(H,56,62). The summed E-state index contributed by atoms with van der Waals surface area (Å²) < 4.78 is 12.0. The van der Waals surface area contributed by atoms with Crippen LogP contribution in [-0.2, 0) is 33.5 Å². The molecule has 1 N–H and O–H groups in total. The summed E-state index contributed by atoms with van der Waals surface area (Å²) in [4.78, 5) is 66.3. The van der Waals surface area contributed by atoms with Crippen LogP contribution in [0.4, 0.5) is 0 Å². The quantitative estimate of drug-likeness (QED) is 0.0519. The second-order valence-electron chi connectivity index (χ2n) is 20.6. The second kappa shape index (κ2) is 31.3. The molecule has 2 rings (SSSR count). The number of ether oxygens (including phenoxy) is 2. The molecule has 1 aromatic carbocycles. The summed E-state index contributed by atoms with van der Waals surface area (Å²) in [5.74, 6) is -2.71. The van der Waals surface area contributed by atoms with E-state index in [1.165, 1.54) is 70.6 Å². The average molecular weight is 912 g/mol. The number of Topliss-reactive ketones (excluding diaryl/α,β-unsaturated/α-hetero) is 1. The van der Waals surface area contributed by atoms with Crippen molar-refractivity contribution in [2.45, 2.75) is 233 Å². The molecule has 10 nitrogen and oxygen atoms in total. The highest BCUT2D eigenvalue weighted by Crippen LogP contribution is 2.46. The highest BCUT2D eigenvalue weighted by molar-refractivity contribution is 5.86. The number of esters is 2. The number of nitrogens with zero attached hydrogens (tertiary/aromatic N) is 2. The van der Waals surface area contributed by atoms with Gasteiger partial charge in [-0.1, -0.05) is 162 Å². The molecule has 1 aromatic rings. The molecule has 0 aromatic heterocycles. The van der Waals surface area contributed by atoms with Crippen LogP contribution in [0.15, 0.2) is 30.3 Å². The molecule has 1 aliphatic rings. The van der Waals surface area contributed by atoms with Gasteiger partial charge < -0.3 is 19.7 Å². The number of carbonyl (C=O) groups is 4. The molecule has 0 spiro atoms. The smallest absolute Gasteiger partial charge is 0.309 e. The molecular weight excluding hydrogens is 815 g/mol. The Morgan fingerprint density at radius 1 is 0.754 bits per heavy atom. The fourth-order valence-electron chi connectivity index (χ4n) is 9.56. The van der Waals surface area contributed by atoms with Crippen LogP contribution in [0.5, 0.6) is 0 Å². The van der Waals surface area contributed by atoms with Gasteiger partial charge in [-0.25, -0.2) is 0 Å². The van der Waals surface area contributed by atoms with E-state index in [4.69, 9.17) is 14.3 Å². The first-order chi connectivity index (χ1) is 31.0. The molecule has 1 aliphatic heterocycles. The zero-order valence-electron chi connectivity index (χ0n) is 43.5. The first-order valence-corrected chi connectivity index (χ1v) is 26.3. The van der Waals surface area contributed by atoms with Crippen molar-refractivity contribution in [3.05, 3.63) is 35.9 Å². The van der Waals surface area contributed by atoms with Crippen molar-refractivity contribution in [2.75, 3.05) is 40.4 Å². The number of hydrogen-bond donors (Lipinski definition) is 1. The third-order valence-corrected chi connectivity index (χ3v) is 14.6. The zero-order chi connectivity index (χ0) is 48.3. The predicted molar refractivity (Wildman–Crippen MR) is 267 cm³/mol. The van der Waals surface area contributed by atoms with Crippen LogP contribution in [0, 0.1) is 17.8 Å². The third kappa shape index (κ3) is 20.1. The Hall–Kier alpha value is -2.82. The van der Waals surface area contributed by atoms with E-state index in [0.717, 1.165) is 50.6 Å². The number of rotatable bonds is 36. The van der Waals surface area contributed by atoms with Gasteiger partial charge in [0.25, 0.3) is 5.91 Å². The number of hydrogen-bond acceptors (Lipinski definition) is 9. The van der Waals surface area contributed by atoms with Crippen molar-refractivity contribution in [3.8, 4) is 0 Å². The number of nitrogens with one attached hydrogen (secondary N) is 1. The monoisotopic (exact) mass is 912 g/mol. The van der Waals surface area contributed by atoms with Crippen molar-refractivity contribution >= 4 is 23.6 Å². The molecule has 0 aliphatic carbocycles. The maximum absolute atomic E-state index is 14.8. The normalized spacial score (nSPS) is 21.4. The summed E-state index contributed by atoms with van der Waals surface area (Å²) in [6.45, 7) is 20.2. The molecule has 7 unspecified atom stereocenters. The fourth-order valence-corrected chi connectivity index (χ4v) is 9.56. The van der Waals surface area contributed by atoms with E-state index < -0.39 is 34.5 Å². The van der Waals surface area contributed by atoms with Gasteiger partial charge in [-0.05, 0) is 97.8 Å². The van der Waals surface area contributed by atoms with Gasteiger partial charge in [0.15, 0.2) is 5.60 Å². The van der Waals surface area contributed by atoms with Crippen LogP contribution in [0.2, 0.25) is 0 Å². The largest absolute Gasteiger partial charge is 0.465 e. The Balaban J connectivity index is 2.42. The van der Waals surface area contributed by atoms with Crippen LogP contribution in [0.3, 0.4) is 0 Å². The summed E-state index contributed by atoms with van der Waals surface area (Å²) in [6.07, 6.45) is 21.8. The first-order valence-electron chi connectivity index (χ1n) is 26.3. The summed E-state index contributed by atoms with van der Waals surface area (Å²) in [5, 5.41) is 5.10. The lowest BCUT2D eigenvalue weighted by atomic mass is 9.70. The van der Waals surface area contributed by atoms with Crippen LogP contribution in [0.25, 0.3) is 0 Å². The topological polar surface area (TPSA) is 114 Å². The van der Waals surface area contributed by atoms with Crippen molar-refractivity contribution < 1.29 is 33.5 Å². The maximum Gasteiger partial charge on any atom is 0.309 e. The fraction of sp³-hybridized carbons (Fsp3) is 0.818. The predicted octanol–water partition coefficient (Wildman–Crippen LogP) is 12.6. The Bertz CT molecular complexity index is 1490. The number of carbonyl (C=O) groups excluding carboxylic acids is 4. The van der Waals surface area contributed by atoms with Gasteiger partial charge in [0.05, 0.1) is 36.1 Å². The number of amides is 1. The van der Waals surface area contributed by atoms with Gasteiger partial charge >= 0.3 is 11.9 Å². The van der Waals surface area contributed by atoms with Crippen LogP contribution in [-0.4, -0.2) is 90.7 Å². The number of piperidine rings is 1. The Kier molecular flexibility index (Phi) is 28.0. The molecule has 1 amide bonds. The van der Waals surface area contributed by atoms with Crippen LogP contribution < -0.4 is 5.32 Å². The van der Waals surface area contributed by atoms with Crippen LogP contribution >= 0.6 is 0 Å². The molecule has 0 radical (unpaired) electrons. The van der Waals surface area contributed by atoms with E-state index in [0.29, 0.717) is 32.4 Å². The summed E-state index contributed by atoms with van der Waals surface area (Å²) >= 11 is 0. The third-order valence-electron chi connectivity index (χ3n) is 14.6. The van der Waals surface area contributed by atoms with Gasteiger partial charge in [0, 0.05) is 25.3 Å². The Morgan fingerprint density at radius 3 is 1.80 bits per heavy atom. The van der Waals surface area contributed by atoms with Gasteiger partial charge in [-0.15, -0.1) is 0 Å². The van der Waals surface area contributed by atoms with Gasteiger partial charge in [0.2, 0.25) is 0 Å². The molecule has 0 bridgehead atoms. The minimum atomic E-state index is -1.55. The molecule has 1 saturated heterocycles. The minimum absolute atomic E-state index is 0.0117. The zero-order valence-corrected chi connectivity index (χ0v) is 43.5. The summed E-state index contributed by atoms with van der Waals surface area (Å²) in [6, 6.07) is 10.1. The molecular formula is C55H97N3O7. The SMILES string of the molecule is CCCCCCCCCCCCCCCCOC(=O)C(CC(CC(C)c1ccccc1)C(=O)OCCCC)CC(C)(ON1C(C)(CC)CC(=O)C(C)C1(C)CC)C(=O)NCCCN(C)C. The van der Waals surface area contributed by atoms with E-state index in [-0.39, 0.29) is 55.4 Å². The van der Waals surface area contributed by atoms with Gasteiger partial charge in [-0.3, -0.25) is 24.0 Å². The molecule has 1 heterocycles.